The highest BCUT2D eigenvalue weighted by atomic mass is 32.2. The van der Waals surface area contributed by atoms with Crippen molar-refractivity contribution in [1.82, 2.24) is 0 Å². The summed E-state index contributed by atoms with van der Waals surface area (Å²) in [6, 6.07) is 0. The van der Waals surface area contributed by atoms with Crippen molar-refractivity contribution in [2.24, 2.45) is 0 Å². The number of aliphatic hydroxyl groups excluding tert-OH is 8. The second-order valence-electron chi connectivity index (χ2n) is 5.98. The van der Waals surface area contributed by atoms with Gasteiger partial charge in [-0.2, -0.15) is 0 Å². The first kappa shape index (κ1) is 20.9. The smallest absolute Gasteiger partial charge is 0.209 e. The van der Waals surface area contributed by atoms with Gasteiger partial charge in [0, 0.05) is 0 Å². The van der Waals surface area contributed by atoms with Crippen LogP contribution in [0.1, 0.15) is 0 Å². The topological polar surface area (TPSA) is 214 Å². The summed E-state index contributed by atoms with van der Waals surface area (Å²) < 4.78 is 35.2. The molecular weight excluding hydrogens is 368 g/mol. The SMILES string of the molecule is O=S(=O)(C1O[C@H](CO)[C@@H](O)[C@H](O)[C@@H]1O)C1O[C@H](CO)[C@@H](O)[C@H](O)[C@@H]1O. The molecule has 25 heavy (non-hydrogen) atoms. The van der Waals surface area contributed by atoms with Crippen molar-refractivity contribution in [1.29, 1.82) is 0 Å². The number of ether oxygens (including phenoxy) is 2. The van der Waals surface area contributed by atoms with Gasteiger partial charge in [-0.3, -0.25) is 0 Å². The molecule has 8 N–H and O–H groups in total. The predicted molar refractivity (Wildman–Crippen MR) is 76.5 cm³/mol. The first-order valence-corrected chi connectivity index (χ1v) is 9.02. The molecule has 0 aromatic rings. The van der Waals surface area contributed by atoms with Crippen molar-refractivity contribution < 1.29 is 58.7 Å². The van der Waals surface area contributed by atoms with E-state index in [0.29, 0.717) is 0 Å². The minimum absolute atomic E-state index is 0.869. The van der Waals surface area contributed by atoms with Crippen molar-refractivity contribution in [2.45, 2.75) is 59.7 Å². The van der Waals surface area contributed by atoms with Gasteiger partial charge in [-0.1, -0.05) is 0 Å². The standard InChI is InChI=1S/C12H22O12S/c13-1-3-5(15)7(17)9(19)11(23-3)25(21,22)12-10(20)8(18)6(16)4(2-14)24-12/h3-20H,1-2H2/t3-,4-,5-,6-,7+,8+,9+,10+,11?,12?/m1/s1. The number of hydrogen-bond donors (Lipinski definition) is 8. The van der Waals surface area contributed by atoms with Crippen LogP contribution in [0.3, 0.4) is 0 Å². The van der Waals surface area contributed by atoms with Crippen LogP contribution >= 0.6 is 0 Å². The van der Waals surface area contributed by atoms with E-state index in [-0.39, 0.29) is 0 Å². The van der Waals surface area contributed by atoms with E-state index < -0.39 is 82.8 Å². The molecule has 2 unspecified atom stereocenters. The molecule has 12 nitrogen and oxygen atoms in total. The van der Waals surface area contributed by atoms with E-state index in [1.807, 2.05) is 0 Å². The number of sulfone groups is 1. The molecule has 2 aliphatic heterocycles. The summed E-state index contributed by atoms with van der Waals surface area (Å²) >= 11 is 0. The van der Waals surface area contributed by atoms with Gasteiger partial charge in [0.05, 0.1) is 13.2 Å². The second-order valence-corrected chi connectivity index (χ2v) is 8.09. The Morgan fingerprint density at radius 1 is 0.600 bits per heavy atom. The maximum absolute atomic E-state index is 12.7. The molecule has 0 bridgehead atoms. The fourth-order valence-electron chi connectivity index (χ4n) is 2.81. The van der Waals surface area contributed by atoms with Crippen molar-refractivity contribution in [3.63, 3.8) is 0 Å². The van der Waals surface area contributed by atoms with E-state index in [1.165, 1.54) is 0 Å². The third-order valence-corrected chi connectivity index (χ3v) is 6.42. The fraction of sp³-hybridized carbons (Fsp3) is 1.00. The molecular formula is C12H22O12S. The maximum atomic E-state index is 12.7. The summed E-state index contributed by atoms with van der Waals surface area (Å²) in [7, 11) is -4.79. The molecule has 148 valence electrons. The molecule has 0 spiro atoms. The lowest BCUT2D eigenvalue weighted by atomic mass is 10.0. The number of rotatable bonds is 4. The normalized spacial score (nSPS) is 49.1. The zero-order chi connectivity index (χ0) is 19.1. The molecule has 2 fully saturated rings. The van der Waals surface area contributed by atoms with Gasteiger partial charge in [-0.25, -0.2) is 8.42 Å². The molecule has 2 rings (SSSR count). The highest BCUT2D eigenvalue weighted by Crippen LogP contribution is 2.32. The van der Waals surface area contributed by atoms with Gasteiger partial charge in [0.15, 0.2) is 10.9 Å². The zero-order valence-electron chi connectivity index (χ0n) is 12.8. The van der Waals surface area contributed by atoms with Crippen LogP contribution in [-0.2, 0) is 19.3 Å². The van der Waals surface area contributed by atoms with Gasteiger partial charge < -0.3 is 50.3 Å². The Bertz CT molecular complexity index is 508. The molecule has 0 aromatic carbocycles. The molecule has 0 aromatic heterocycles. The molecule has 13 heteroatoms. The summed E-state index contributed by atoms with van der Waals surface area (Å²) in [5.74, 6) is 0. The van der Waals surface area contributed by atoms with Gasteiger partial charge in [0.25, 0.3) is 0 Å². The van der Waals surface area contributed by atoms with E-state index in [9.17, 15) is 39.1 Å². The molecule has 2 saturated heterocycles. The summed E-state index contributed by atoms with van der Waals surface area (Å²) in [6.07, 6.45) is -14.8. The Kier molecular flexibility index (Phi) is 6.39. The van der Waals surface area contributed by atoms with Crippen LogP contribution in [0.5, 0.6) is 0 Å². The fourth-order valence-corrected chi connectivity index (χ4v) is 4.77. The number of aliphatic hydroxyl groups is 8. The predicted octanol–water partition coefficient (Wildman–Crippen LogP) is -6.00. The summed E-state index contributed by atoms with van der Waals surface area (Å²) in [4.78, 5) is 0. The molecule has 10 atom stereocenters. The van der Waals surface area contributed by atoms with Crippen LogP contribution < -0.4 is 0 Å². The van der Waals surface area contributed by atoms with Gasteiger partial charge >= 0.3 is 0 Å². The average Bonchev–Trinajstić information content (AvgIpc) is 2.57. The van der Waals surface area contributed by atoms with Crippen molar-refractivity contribution >= 4 is 9.84 Å². The van der Waals surface area contributed by atoms with Crippen molar-refractivity contribution in [3.8, 4) is 0 Å². The molecule has 2 aliphatic rings. The highest BCUT2D eigenvalue weighted by molar-refractivity contribution is 7.92. The lowest BCUT2D eigenvalue weighted by molar-refractivity contribution is -0.218. The average molecular weight is 390 g/mol. The van der Waals surface area contributed by atoms with E-state index >= 15 is 0 Å². The Balaban J connectivity index is 2.33. The van der Waals surface area contributed by atoms with E-state index in [4.69, 9.17) is 19.7 Å². The minimum atomic E-state index is -4.79. The Hall–Kier alpha value is -0.450. The highest BCUT2D eigenvalue weighted by Gasteiger charge is 2.56. The molecule has 0 aliphatic carbocycles. The Labute approximate surface area is 142 Å². The summed E-state index contributed by atoms with van der Waals surface area (Å²) in [5, 5.41) is 76.8. The van der Waals surface area contributed by atoms with Gasteiger partial charge in [-0.05, 0) is 0 Å². The minimum Gasteiger partial charge on any atom is -0.394 e. The lowest BCUT2D eigenvalue weighted by Gasteiger charge is -2.44. The van der Waals surface area contributed by atoms with E-state index in [1.54, 1.807) is 0 Å². The largest absolute Gasteiger partial charge is 0.394 e. The number of hydrogen-bond acceptors (Lipinski definition) is 12. The molecule has 0 radical (unpaired) electrons. The van der Waals surface area contributed by atoms with Gasteiger partial charge in [0.2, 0.25) is 9.84 Å². The summed E-state index contributed by atoms with van der Waals surface area (Å²) in [5.41, 5.74) is -4.41. The van der Waals surface area contributed by atoms with Crippen LogP contribution in [0, 0.1) is 0 Å². The molecule has 0 amide bonds. The van der Waals surface area contributed by atoms with Crippen LogP contribution in [0.4, 0.5) is 0 Å². The van der Waals surface area contributed by atoms with Crippen molar-refractivity contribution in [3.05, 3.63) is 0 Å². The van der Waals surface area contributed by atoms with Gasteiger partial charge in [0.1, 0.15) is 48.8 Å². The quantitative estimate of drug-likeness (QED) is 0.225. The third-order valence-electron chi connectivity index (χ3n) is 4.34. The maximum Gasteiger partial charge on any atom is 0.209 e. The Morgan fingerprint density at radius 2 is 0.920 bits per heavy atom. The molecule has 0 saturated carbocycles. The monoisotopic (exact) mass is 390 g/mol. The second kappa shape index (κ2) is 7.66. The van der Waals surface area contributed by atoms with Crippen LogP contribution in [0.2, 0.25) is 0 Å². The van der Waals surface area contributed by atoms with Crippen LogP contribution in [-0.4, -0.2) is 122 Å². The van der Waals surface area contributed by atoms with Crippen LogP contribution in [0.25, 0.3) is 0 Å². The molecule has 2 heterocycles. The first-order chi connectivity index (χ1) is 11.6. The Morgan fingerprint density at radius 3 is 1.20 bits per heavy atom. The summed E-state index contributed by atoms with van der Waals surface area (Å²) in [6.45, 7) is -1.74. The van der Waals surface area contributed by atoms with E-state index in [0.717, 1.165) is 0 Å². The zero-order valence-corrected chi connectivity index (χ0v) is 13.6. The third kappa shape index (κ3) is 3.54. The first-order valence-electron chi connectivity index (χ1n) is 7.41. The van der Waals surface area contributed by atoms with Gasteiger partial charge in [-0.15, -0.1) is 0 Å². The van der Waals surface area contributed by atoms with Crippen LogP contribution in [0.15, 0.2) is 0 Å². The lowest BCUT2D eigenvalue weighted by Crippen LogP contribution is -2.66. The van der Waals surface area contributed by atoms with E-state index in [2.05, 4.69) is 0 Å². The van der Waals surface area contributed by atoms with Crippen molar-refractivity contribution in [2.75, 3.05) is 13.2 Å².